The normalized spacial score (nSPS) is 15.8. The zero-order chi connectivity index (χ0) is 18.7. The molecular weight excluding hydrogens is 362 g/mol. The van der Waals surface area contributed by atoms with Crippen molar-refractivity contribution >= 4 is 29.3 Å². The Hall–Kier alpha value is -2.61. The Kier molecular flexibility index (Phi) is 5.41. The lowest BCUT2D eigenvalue weighted by atomic mass is 10.2. The minimum Gasteiger partial charge on any atom is -0.477 e. The van der Waals surface area contributed by atoms with E-state index in [1.165, 1.54) is 18.0 Å². The molecule has 0 spiro atoms. The van der Waals surface area contributed by atoms with E-state index in [0.717, 1.165) is 23.9 Å². The topological polar surface area (TPSA) is 58.6 Å². The molecule has 0 saturated carbocycles. The number of nitrogens with one attached hydrogen (secondary N) is 1. The van der Waals surface area contributed by atoms with Crippen molar-refractivity contribution in [3.05, 3.63) is 54.1 Å². The molecule has 2 aromatic rings. The number of ether oxygens (including phenoxy) is 1. The van der Waals surface area contributed by atoms with E-state index in [9.17, 15) is 18.4 Å². The average molecular weight is 378 g/mol. The standard InChI is InChI=1S/C18H16F2N2O3S/c1-21-18(24)16-9-22(14-4-2-3-5-15(14)25-16)17(23)10-26-11-6-7-12(19)13(20)8-11/h2-8,16H,9-10H2,1H3,(H,21,24). The number of hydrogen-bond acceptors (Lipinski definition) is 4. The molecule has 1 atom stereocenters. The Bertz CT molecular complexity index is 847. The van der Waals surface area contributed by atoms with Gasteiger partial charge >= 0.3 is 0 Å². The number of hydrogen-bond donors (Lipinski definition) is 1. The third-order valence-electron chi connectivity index (χ3n) is 3.87. The maximum atomic E-state index is 13.3. The predicted molar refractivity (Wildman–Crippen MR) is 94.4 cm³/mol. The van der Waals surface area contributed by atoms with E-state index in [-0.39, 0.29) is 24.1 Å². The maximum Gasteiger partial charge on any atom is 0.262 e. The fourth-order valence-electron chi connectivity index (χ4n) is 2.56. The molecule has 1 heterocycles. The number of carbonyl (C=O) groups is 2. The number of anilines is 1. The molecule has 8 heteroatoms. The number of thioether (sulfide) groups is 1. The van der Waals surface area contributed by atoms with Crippen LogP contribution in [0.4, 0.5) is 14.5 Å². The van der Waals surface area contributed by atoms with Gasteiger partial charge in [-0.15, -0.1) is 11.8 Å². The Labute approximate surface area is 153 Å². The van der Waals surface area contributed by atoms with Crippen LogP contribution in [0.5, 0.6) is 5.75 Å². The van der Waals surface area contributed by atoms with Crippen LogP contribution < -0.4 is 15.0 Å². The van der Waals surface area contributed by atoms with Crippen LogP contribution in [0.1, 0.15) is 0 Å². The molecule has 1 unspecified atom stereocenters. The third-order valence-corrected chi connectivity index (χ3v) is 4.85. The maximum absolute atomic E-state index is 13.3. The van der Waals surface area contributed by atoms with Crippen molar-refractivity contribution < 1.29 is 23.1 Å². The lowest BCUT2D eigenvalue weighted by molar-refractivity contribution is -0.127. The van der Waals surface area contributed by atoms with Gasteiger partial charge in [0.05, 0.1) is 18.0 Å². The van der Waals surface area contributed by atoms with Crippen molar-refractivity contribution in [2.24, 2.45) is 0 Å². The summed E-state index contributed by atoms with van der Waals surface area (Å²) in [6, 6.07) is 10.4. The first-order valence-corrected chi connectivity index (χ1v) is 8.83. The van der Waals surface area contributed by atoms with Crippen LogP contribution in [0, 0.1) is 11.6 Å². The minimum absolute atomic E-state index is 0.0138. The molecule has 0 aromatic heterocycles. The van der Waals surface area contributed by atoms with Crippen LogP contribution in [0.3, 0.4) is 0 Å². The third kappa shape index (κ3) is 3.80. The van der Waals surface area contributed by atoms with Gasteiger partial charge in [0.1, 0.15) is 5.75 Å². The number of para-hydroxylation sites is 2. The second-order valence-corrected chi connectivity index (χ2v) is 6.61. The summed E-state index contributed by atoms with van der Waals surface area (Å²) in [7, 11) is 1.50. The van der Waals surface area contributed by atoms with E-state index in [2.05, 4.69) is 5.32 Å². The summed E-state index contributed by atoms with van der Waals surface area (Å²) in [5.41, 5.74) is 0.573. The molecule has 1 aliphatic heterocycles. The second-order valence-electron chi connectivity index (χ2n) is 5.56. The molecule has 0 aliphatic carbocycles. The van der Waals surface area contributed by atoms with Crippen LogP contribution in [-0.2, 0) is 9.59 Å². The molecule has 136 valence electrons. The van der Waals surface area contributed by atoms with Gasteiger partial charge < -0.3 is 15.0 Å². The van der Waals surface area contributed by atoms with E-state index in [1.807, 2.05) is 0 Å². The largest absolute Gasteiger partial charge is 0.477 e. The molecule has 0 bridgehead atoms. The number of fused-ring (bicyclic) bond motifs is 1. The van der Waals surface area contributed by atoms with Crippen molar-refractivity contribution in [3.8, 4) is 5.75 Å². The highest BCUT2D eigenvalue weighted by atomic mass is 32.2. The summed E-state index contributed by atoms with van der Waals surface area (Å²) < 4.78 is 31.9. The van der Waals surface area contributed by atoms with Crippen molar-refractivity contribution in [2.75, 3.05) is 24.2 Å². The molecule has 0 radical (unpaired) electrons. The number of carbonyl (C=O) groups excluding carboxylic acids is 2. The van der Waals surface area contributed by atoms with Crippen LogP contribution in [0.15, 0.2) is 47.4 Å². The van der Waals surface area contributed by atoms with Gasteiger partial charge in [-0.1, -0.05) is 12.1 Å². The van der Waals surface area contributed by atoms with Crippen molar-refractivity contribution in [1.29, 1.82) is 0 Å². The number of rotatable bonds is 4. The molecule has 5 nitrogen and oxygen atoms in total. The monoisotopic (exact) mass is 378 g/mol. The Morgan fingerprint density at radius 1 is 1.23 bits per heavy atom. The van der Waals surface area contributed by atoms with E-state index in [0.29, 0.717) is 16.3 Å². The van der Waals surface area contributed by atoms with Gasteiger partial charge in [-0.2, -0.15) is 0 Å². The summed E-state index contributed by atoms with van der Waals surface area (Å²) in [6.45, 7) is 0.0772. The van der Waals surface area contributed by atoms with Gasteiger partial charge in [-0.05, 0) is 30.3 Å². The SMILES string of the molecule is CNC(=O)C1CN(C(=O)CSc2ccc(F)c(F)c2)c2ccccc2O1. The molecule has 0 saturated heterocycles. The molecule has 2 aromatic carbocycles. The Balaban J connectivity index is 1.76. The fourth-order valence-corrected chi connectivity index (χ4v) is 3.35. The number of likely N-dealkylation sites (N-methyl/N-ethyl adjacent to an activating group) is 1. The van der Waals surface area contributed by atoms with Crippen LogP contribution >= 0.6 is 11.8 Å². The summed E-state index contributed by atoms with van der Waals surface area (Å²) in [5, 5.41) is 2.51. The molecular formula is C18H16F2N2O3S. The van der Waals surface area contributed by atoms with Gasteiger partial charge in [0.15, 0.2) is 17.7 Å². The van der Waals surface area contributed by atoms with Gasteiger partial charge in [0.2, 0.25) is 5.91 Å². The van der Waals surface area contributed by atoms with Crippen LogP contribution in [0.2, 0.25) is 0 Å². The highest BCUT2D eigenvalue weighted by molar-refractivity contribution is 8.00. The lowest BCUT2D eigenvalue weighted by Gasteiger charge is -2.34. The first-order valence-electron chi connectivity index (χ1n) is 7.85. The summed E-state index contributed by atoms with van der Waals surface area (Å²) in [5.74, 6) is -2.02. The van der Waals surface area contributed by atoms with E-state index in [1.54, 1.807) is 24.3 Å². The molecule has 0 fully saturated rings. The van der Waals surface area contributed by atoms with E-state index in [4.69, 9.17) is 4.74 Å². The first-order chi connectivity index (χ1) is 12.5. The summed E-state index contributed by atoms with van der Waals surface area (Å²) in [6.07, 6.45) is -0.813. The minimum atomic E-state index is -0.959. The molecule has 1 N–H and O–H groups in total. The van der Waals surface area contributed by atoms with Crippen molar-refractivity contribution in [3.63, 3.8) is 0 Å². The number of nitrogens with zero attached hydrogens (tertiary/aromatic N) is 1. The lowest BCUT2D eigenvalue weighted by Crippen LogP contribution is -2.50. The van der Waals surface area contributed by atoms with Crippen LogP contribution in [0.25, 0.3) is 0 Å². The molecule has 26 heavy (non-hydrogen) atoms. The van der Waals surface area contributed by atoms with Gasteiger partial charge in [0.25, 0.3) is 5.91 Å². The Morgan fingerprint density at radius 3 is 2.73 bits per heavy atom. The van der Waals surface area contributed by atoms with E-state index >= 15 is 0 Å². The number of amides is 2. The Morgan fingerprint density at radius 2 is 2.00 bits per heavy atom. The zero-order valence-corrected chi connectivity index (χ0v) is 14.7. The van der Waals surface area contributed by atoms with Gasteiger partial charge in [0, 0.05) is 11.9 Å². The average Bonchev–Trinajstić information content (AvgIpc) is 2.67. The highest BCUT2D eigenvalue weighted by Crippen LogP contribution is 2.34. The quantitative estimate of drug-likeness (QED) is 0.831. The number of benzene rings is 2. The summed E-state index contributed by atoms with van der Waals surface area (Å²) >= 11 is 1.10. The van der Waals surface area contributed by atoms with Crippen molar-refractivity contribution in [1.82, 2.24) is 5.32 Å². The number of halogens is 2. The van der Waals surface area contributed by atoms with Crippen LogP contribution in [-0.4, -0.2) is 37.3 Å². The molecule has 3 rings (SSSR count). The first kappa shape index (κ1) is 18.2. The van der Waals surface area contributed by atoms with Gasteiger partial charge in [-0.25, -0.2) is 8.78 Å². The zero-order valence-electron chi connectivity index (χ0n) is 13.9. The molecule has 1 aliphatic rings. The summed E-state index contributed by atoms with van der Waals surface area (Å²) in [4.78, 5) is 26.6. The predicted octanol–water partition coefficient (Wildman–Crippen LogP) is 2.60. The molecule has 2 amide bonds. The highest BCUT2D eigenvalue weighted by Gasteiger charge is 2.33. The van der Waals surface area contributed by atoms with Crippen molar-refractivity contribution in [2.45, 2.75) is 11.0 Å². The van der Waals surface area contributed by atoms with Gasteiger partial charge in [-0.3, -0.25) is 9.59 Å². The smallest absolute Gasteiger partial charge is 0.262 e. The van der Waals surface area contributed by atoms with E-state index < -0.39 is 17.7 Å². The fraction of sp³-hybridized carbons (Fsp3) is 0.222. The second kappa shape index (κ2) is 7.74.